The lowest BCUT2D eigenvalue weighted by Gasteiger charge is -2.24. The minimum absolute atomic E-state index is 0.264. The predicted molar refractivity (Wildman–Crippen MR) is 90.6 cm³/mol. The second kappa shape index (κ2) is 8.62. The molecule has 1 heterocycles. The summed E-state index contributed by atoms with van der Waals surface area (Å²) in [6, 6.07) is 0. The van der Waals surface area contributed by atoms with Crippen LogP contribution in [0.2, 0.25) is 0 Å². The molecule has 0 amide bonds. The third-order valence-electron chi connectivity index (χ3n) is 4.15. The molecule has 4 heteroatoms. The number of guanidine groups is 1. The van der Waals surface area contributed by atoms with Crippen LogP contribution in [0, 0.1) is 17.3 Å². The van der Waals surface area contributed by atoms with Crippen molar-refractivity contribution in [2.45, 2.75) is 53.9 Å². The van der Waals surface area contributed by atoms with Crippen molar-refractivity contribution >= 4 is 5.96 Å². The summed E-state index contributed by atoms with van der Waals surface area (Å²) in [5, 5.41) is 12.7. The molecule has 0 aromatic rings. The predicted octanol–water partition coefficient (Wildman–Crippen LogP) is 2.73. The fourth-order valence-corrected chi connectivity index (χ4v) is 3.07. The van der Waals surface area contributed by atoms with E-state index in [0.717, 1.165) is 45.0 Å². The van der Waals surface area contributed by atoms with Gasteiger partial charge in [0.25, 0.3) is 0 Å². The van der Waals surface area contributed by atoms with Gasteiger partial charge in [-0.25, -0.2) is 0 Å². The molecule has 0 radical (unpaired) electrons. The second-order valence-electron chi connectivity index (χ2n) is 7.54. The molecule has 0 aromatic heterocycles. The van der Waals surface area contributed by atoms with Gasteiger partial charge in [-0.3, -0.25) is 4.99 Å². The largest absolute Gasteiger partial charge is 0.396 e. The Balaban J connectivity index is 2.65. The molecule has 4 nitrogen and oxygen atoms in total. The van der Waals surface area contributed by atoms with Gasteiger partial charge >= 0.3 is 0 Å². The van der Waals surface area contributed by atoms with E-state index in [4.69, 9.17) is 4.99 Å². The maximum absolute atomic E-state index is 9.22. The zero-order valence-electron chi connectivity index (χ0n) is 14.7. The highest BCUT2D eigenvalue weighted by atomic mass is 16.3. The van der Waals surface area contributed by atoms with E-state index < -0.39 is 0 Å². The van der Waals surface area contributed by atoms with Crippen molar-refractivity contribution in [1.82, 2.24) is 10.2 Å². The average molecular weight is 297 g/mol. The van der Waals surface area contributed by atoms with Gasteiger partial charge in [-0.05, 0) is 43.4 Å². The van der Waals surface area contributed by atoms with Gasteiger partial charge in [-0.15, -0.1) is 0 Å². The third kappa shape index (κ3) is 6.68. The third-order valence-corrected chi connectivity index (χ3v) is 4.15. The van der Waals surface area contributed by atoms with Gasteiger partial charge in [-0.1, -0.05) is 27.7 Å². The van der Waals surface area contributed by atoms with Crippen LogP contribution in [-0.2, 0) is 0 Å². The van der Waals surface area contributed by atoms with Crippen LogP contribution in [0.15, 0.2) is 4.99 Å². The lowest BCUT2D eigenvalue weighted by Crippen LogP contribution is -2.41. The van der Waals surface area contributed by atoms with Crippen LogP contribution in [0.5, 0.6) is 0 Å². The van der Waals surface area contributed by atoms with Crippen molar-refractivity contribution in [2.24, 2.45) is 22.2 Å². The highest BCUT2D eigenvalue weighted by Gasteiger charge is 2.30. The van der Waals surface area contributed by atoms with Crippen LogP contribution in [0.3, 0.4) is 0 Å². The summed E-state index contributed by atoms with van der Waals surface area (Å²) in [6.45, 7) is 15.4. The summed E-state index contributed by atoms with van der Waals surface area (Å²) in [7, 11) is 0. The monoisotopic (exact) mass is 297 g/mol. The van der Waals surface area contributed by atoms with E-state index in [0.29, 0.717) is 17.3 Å². The Kier molecular flexibility index (Phi) is 7.50. The Morgan fingerprint density at radius 1 is 1.38 bits per heavy atom. The lowest BCUT2D eigenvalue weighted by molar-refractivity contribution is 0.245. The van der Waals surface area contributed by atoms with Crippen molar-refractivity contribution in [3.05, 3.63) is 0 Å². The molecule has 0 spiro atoms. The first-order valence-corrected chi connectivity index (χ1v) is 8.52. The molecule has 1 fully saturated rings. The van der Waals surface area contributed by atoms with Crippen molar-refractivity contribution in [3.63, 3.8) is 0 Å². The van der Waals surface area contributed by atoms with Gasteiger partial charge < -0.3 is 15.3 Å². The molecule has 21 heavy (non-hydrogen) atoms. The maximum Gasteiger partial charge on any atom is 0.193 e. The Morgan fingerprint density at radius 2 is 2.10 bits per heavy atom. The molecule has 0 bridgehead atoms. The van der Waals surface area contributed by atoms with E-state index in [1.54, 1.807) is 0 Å². The minimum atomic E-state index is 0.264. The fraction of sp³-hybridized carbons (Fsp3) is 0.941. The SMILES string of the molecule is CCNC(=NCC(CCO)CC(C)C)N1CCC(C)(C)C1. The quantitative estimate of drug-likeness (QED) is 0.561. The molecule has 1 aliphatic heterocycles. The number of aliphatic imine (C=N–C) groups is 1. The molecule has 2 N–H and O–H groups in total. The van der Waals surface area contributed by atoms with E-state index in [-0.39, 0.29) is 6.61 Å². The summed E-state index contributed by atoms with van der Waals surface area (Å²) < 4.78 is 0. The normalized spacial score (nSPS) is 20.1. The van der Waals surface area contributed by atoms with Crippen molar-refractivity contribution in [2.75, 3.05) is 32.8 Å². The zero-order valence-corrected chi connectivity index (χ0v) is 14.7. The molecule has 1 saturated heterocycles. The van der Waals surface area contributed by atoms with Crippen molar-refractivity contribution in [3.8, 4) is 0 Å². The smallest absolute Gasteiger partial charge is 0.193 e. The average Bonchev–Trinajstić information content (AvgIpc) is 2.74. The van der Waals surface area contributed by atoms with E-state index in [9.17, 15) is 5.11 Å². The standard InChI is InChI=1S/C17H35N3O/c1-6-18-16(20-9-8-17(4,5)13-20)19-12-15(7-10-21)11-14(2)3/h14-15,21H,6-13H2,1-5H3,(H,18,19). The molecular weight excluding hydrogens is 262 g/mol. The van der Waals surface area contributed by atoms with Crippen LogP contribution < -0.4 is 5.32 Å². The first-order valence-electron chi connectivity index (χ1n) is 8.52. The highest BCUT2D eigenvalue weighted by molar-refractivity contribution is 5.80. The molecule has 1 aliphatic rings. The summed E-state index contributed by atoms with van der Waals surface area (Å²) in [6.07, 6.45) is 3.21. The molecule has 1 unspecified atom stereocenters. The van der Waals surface area contributed by atoms with Crippen LogP contribution >= 0.6 is 0 Å². The molecule has 0 aromatic carbocycles. The topological polar surface area (TPSA) is 47.9 Å². The van der Waals surface area contributed by atoms with E-state index in [1.165, 1.54) is 6.42 Å². The van der Waals surface area contributed by atoms with Crippen LogP contribution in [0.4, 0.5) is 0 Å². The molecule has 1 atom stereocenters. The molecule has 0 aliphatic carbocycles. The van der Waals surface area contributed by atoms with Crippen molar-refractivity contribution < 1.29 is 5.11 Å². The molecule has 1 rings (SSSR count). The first-order chi connectivity index (χ1) is 9.88. The van der Waals surface area contributed by atoms with E-state index in [1.807, 2.05) is 0 Å². The molecule has 0 saturated carbocycles. The Labute approximate surface area is 131 Å². The van der Waals surface area contributed by atoms with E-state index in [2.05, 4.69) is 44.8 Å². The van der Waals surface area contributed by atoms with E-state index >= 15 is 0 Å². The van der Waals surface area contributed by atoms with Gasteiger partial charge in [-0.2, -0.15) is 0 Å². The number of hydrogen-bond donors (Lipinski definition) is 2. The van der Waals surface area contributed by atoms with Crippen LogP contribution in [0.1, 0.15) is 53.9 Å². The molecular formula is C17H35N3O. The second-order valence-corrected chi connectivity index (χ2v) is 7.54. The van der Waals surface area contributed by atoms with Gasteiger partial charge in [0, 0.05) is 32.8 Å². The Bertz CT molecular complexity index is 326. The number of nitrogens with zero attached hydrogens (tertiary/aromatic N) is 2. The Hall–Kier alpha value is -0.770. The number of aliphatic hydroxyl groups is 1. The Morgan fingerprint density at radius 3 is 2.57 bits per heavy atom. The van der Waals surface area contributed by atoms with Crippen LogP contribution in [-0.4, -0.2) is 48.8 Å². The molecule has 124 valence electrons. The fourth-order valence-electron chi connectivity index (χ4n) is 3.07. The summed E-state index contributed by atoms with van der Waals surface area (Å²) >= 11 is 0. The van der Waals surface area contributed by atoms with Gasteiger partial charge in [0.2, 0.25) is 0 Å². The number of rotatable bonds is 7. The highest BCUT2D eigenvalue weighted by Crippen LogP contribution is 2.28. The van der Waals surface area contributed by atoms with Crippen LogP contribution in [0.25, 0.3) is 0 Å². The number of aliphatic hydroxyl groups excluding tert-OH is 1. The first kappa shape index (κ1) is 18.3. The number of hydrogen-bond acceptors (Lipinski definition) is 2. The van der Waals surface area contributed by atoms with Gasteiger partial charge in [0.05, 0.1) is 0 Å². The summed E-state index contributed by atoms with van der Waals surface area (Å²) in [4.78, 5) is 7.24. The number of nitrogens with one attached hydrogen (secondary N) is 1. The van der Waals surface area contributed by atoms with Gasteiger partial charge in [0.1, 0.15) is 0 Å². The van der Waals surface area contributed by atoms with Crippen molar-refractivity contribution in [1.29, 1.82) is 0 Å². The zero-order chi connectivity index (χ0) is 15.9. The lowest BCUT2D eigenvalue weighted by atomic mass is 9.93. The number of likely N-dealkylation sites (tertiary alicyclic amines) is 1. The maximum atomic E-state index is 9.22. The minimum Gasteiger partial charge on any atom is -0.396 e. The summed E-state index contributed by atoms with van der Waals surface area (Å²) in [5.74, 6) is 2.19. The van der Waals surface area contributed by atoms with Gasteiger partial charge in [0.15, 0.2) is 5.96 Å². The summed E-state index contributed by atoms with van der Waals surface area (Å²) in [5.41, 5.74) is 0.388.